The minimum absolute atomic E-state index is 0.0692. The molecular formula is C20H24N2O3. The standard InChI is InChI=1S/C20H24N2O3/c1-14-5-10-19(12-21-14)25-13-15-3-2-4-16(11-15)20(24)22-17-6-8-18(23)9-7-17/h2-5,10-12,17-18,23H,6-9,13H2,1H3,(H,22,24). The Kier molecular flexibility index (Phi) is 5.66. The Morgan fingerprint density at radius 2 is 2.04 bits per heavy atom. The first-order valence-corrected chi connectivity index (χ1v) is 8.73. The first-order valence-electron chi connectivity index (χ1n) is 8.73. The van der Waals surface area contributed by atoms with Gasteiger partial charge in [-0.25, -0.2) is 0 Å². The molecule has 1 aliphatic rings. The van der Waals surface area contributed by atoms with E-state index in [-0.39, 0.29) is 18.1 Å². The molecule has 0 spiro atoms. The highest BCUT2D eigenvalue weighted by Crippen LogP contribution is 2.19. The number of carbonyl (C=O) groups is 1. The second-order valence-corrected chi connectivity index (χ2v) is 6.60. The van der Waals surface area contributed by atoms with Crippen LogP contribution in [0.1, 0.15) is 47.3 Å². The lowest BCUT2D eigenvalue weighted by Gasteiger charge is -2.26. The van der Waals surface area contributed by atoms with E-state index in [1.54, 1.807) is 6.20 Å². The van der Waals surface area contributed by atoms with Crippen molar-refractivity contribution >= 4 is 5.91 Å². The molecule has 0 unspecified atom stereocenters. The van der Waals surface area contributed by atoms with E-state index >= 15 is 0 Å². The van der Waals surface area contributed by atoms with Crippen LogP contribution < -0.4 is 10.1 Å². The van der Waals surface area contributed by atoms with E-state index < -0.39 is 0 Å². The molecule has 1 aromatic carbocycles. The van der Waals surface area contributed by atoms with E-state index in [2.05, 4.69) is 10.3 Å². The van der Waals surface area contributed by atoms with Crippen molar-refractivity contribution in [3.05, 3.63) is 59.4 Å². The predicted octanol–water partition coefficient (Wildman–Crippen LogP) is 3.00. The predicted molar refractivity (Wildman–Crippen MR) is 95.5 cm³/mol. The molecule has 2 N–H and O–H groups in total. The van der Waals surface area contributed by atoms with Crippen LogP contribution >= 0.6 is 0 Å². The number of benzene rings is 1. The van der Waals surface area contributed by atoms with Crippen LogP contribution in [0.2, 0.25) is 0 Å². The maximum atomic E-state index is 12.4. The summed E-state index contributed by atoms with van der Waals surface area (Å²) < 4.78 is 5.72. The average Bonchev–Trinajstić information content (AvgIpc) is 2.63. The average molecular weight is 340 g/mol. The molecule has 5 nitrogen and oxygen atoms in total. The van der Waals surface area contributed by atoms with E-state index in [0.29, 0.717) is 17.9 Å². The first kappa shape index (κ1) is 17.4. The highest BCUT2D eigenvalue weighted by molar-refractivity contribution is 5.94. The summed E-state index contributed by atoms with van der Waals surface area (Å²) in [5.41, 5.74) is 2.52. The Labute approximate surface area is 148 Å². The summed E-state index contributed by atoms with van der Waals surface area (Å²) in [6.45, 7) is 2.32. The van der Waals surface area contributed by atoms with Crippen molar-refractivity contribution in [2.24, 2.45) is 0 Å². The normalized spacial score (nSPS) is 20.1. The molecule has 2 aromatic rings. The summed E-state index contributed by atoms with van der Waals surface area (Å²) in [6, 6.07) is 11.4. The van der Waals surface area contributed by atoms with Crippen LogP contribution in [0.15, 0.2) is 42.6 Å². The van der Waals surface area contributed by atoms with E-state index in [9.17, 15) is 9.90 Å². The lowest BCUT2D eigenvalue weighted by molar-refractivity contribution is 0.0867. The zero-order chi connectivity index (χ0) is 17.6. The number of ether oxygens (including phenoxy) is 1. The van der Waals surface area contributed by atoms with Gasteiger partial charge in [0.25, 0.3) is 5.91 Å². The van der Waals surface area contributed by atoms with Crippen molar-refractivity contribution < 1.29 is 14.6 Å². The third-order valence-electron chi connectivity index (χ3n) is 4.51. The number of nitrogens with one attached hydrogen (secondary N) is 1. The second kappa shape index (κ2) is 8.12. The Balaban J connectivity index is 1.56. The van der Waals surface area contributed by atoms with Gasteiger partial charge in [-0.05, 0) is 62.4 Å². The monoisotopic (exact) mass is 340 g/mol. The number of aromatic nitrogens is 1. The van der Waals surface area contributed by atoms with Crippen molar-refractivity contribution in [3.8, 4) is 5.75 Å². The molecular weight excluding hydrogens is 316 g/mol. The molecule has 0 saturated heterocycles. The minimum Gasteiger partial charge on any atom is -0.487 e. The van der Waals surface area contributed by atoms with E-state index in [1.165, 1.54) is 0 Å². The molecule has 0 aliphatic heterocycles. The maximum absolute atomic E-state index is 12.4. The zero-order valence-corrected chi connectivity index (χ0v) is 14.4. The molecule has 1 amide bonds. The van der Waals surface area contributed by atoms with Crippen LogP contribution in [0.25, 0.3) is 0 Å². The van der Waals surface area contributed by atoms with E-state index in [4.69, 9.17) is 4.74 Å². The topological polar surface area (TPSA) is 71.5 Å². The van der Waals surface area contributed by atoms with Gasteiger partial charge in [-0.2, -0.15) is 0 Å². The minimum atomic E-state index is -0.218. The van der Waals surface area contributed by atoms with Crippen LogP contribution in [0.5, 0.6) is 5.75 Å². The summed E-state index contributed by atoms with van der Waals surface area (Å²) in [5.74, 6) is 0.640. The number of amides is 1. The Morgan fingerprint density at radius 1 is 1.24 bits per heavy atom. The van der Waals surface area contributed by atoms with Crippen molar-refractivity contribution in [1.82, 2.24) is 10.3 Å². The largest absolute Gasteiger partial charge is 0.487 e. The van der Waals surface area contributed by atoms with Crippen LogP contribution in [0.3, 0.4) is 0 Å². The van der Waals surface area contributed by atoms with Crippen molar-refractivity contribution in [2.45, 2.75) is 51.4 Å². The molecule has 1 saturated carbocycles. The van der Waals surface area contributed by atoms with Gasteiger partial charge in [0.2, 0.25) is 0 Å². The number of aliphatic hydroxyl groups excluding tert-OH is 1. The summed E-state index contributed by atoms with van der Waals surface area (Å²) in [5, 5.41) is 12.6. The van der Waals surface area contributed by atoms with Gasteiger partial charge in [0.05, 0.1) is 12.3 Å². The number of carbonyl (C=O) groups excluding carboxylic acids is 1. The van der Waals surface area contributed by atoms with Gasteiger partial charge in [0.1, 0.15) is 12.4 Å². The molecule has 0 atom stereocenters. The molecule has 1 aliphatic carbocycles. The van der Waals surface area contributed by atoms with Crippen molar-refractivity contribution in [2.75, 3.05) is 0 Å². The molecule has 25 heavy (non-hydrogen) atoms. The quantitative estimate of drug-likeness (QED) is 0.878. The number of aryl methyl sites for hydroxylation is 1. The van der Waals surface area contributed by atoms with Crippen LogP contribution in [-0.2, 0) is 6.61 Å². The number of hydrogen-bond acceptors (Lipinski definition) is 4. The third-order valence-corrected chi connectivity index (χ3v) is 4.51. The molecule has 0 bridgehead atoms. The number of aliphatic hydroxyl groups is 1. The molecule has 0 radical (unpaired) electrons. The number of nitrogens with zero attached hydrogens (tertiary/aromatic N) is 1. The summed E-state index contributed by atoms with van der Waals surface area (Å²) >= 11 is 0. The van der Waals surface area contributed by atoms with E-state index in [0.717, 1.165) is 36.9 Å². The van der Waals surface area contributed by atoms with Crippen LogP contribution in [-0.4, -0.2) is 28.1 Å². The number of rotatable bonds is 5. The lowest BCUT2D eigenvalue weighted by Crippen LogP contribution is -2.38. The van der Waals surface area contributed by atoms with Crippen molar-refractivity contribution in [3.63, 3.8) is 0 Å². The summed E-state index contributed by atoms with van der Waals surface area (Å²) in [6.07, 6.45) is 4.65. The van der Waals surface area contributed by atoms with Gasteiger partial charge >= 0.3 is 0 Å². The fourth-order valence-corrected chi connectivity index (χ4v) is 3.00. The van der Waals surface area contributed by atoms with Gasteiger partial charge in [-0.15, -0.1) is 0 Å². The van der Waals surface area contributed by atoms with Crippen LogP contribution in [0.4, 0.5) is 0 Å². The summed E-state index contributed by atoms with van der Waals surface area (Å²) in [4.78, 5) is 16.6. The van der Waals surface area contributed by atoms with Gasteiger partial charge < -0.3 is 15.2 Å². The highest BCUT2D eigenvalue weighted by Gasteiger charge is 2.21. The molecule has 5 heteroatoms. The molecule has 3 rings (SSSR count). The zero-order valence-electron chi connectivity index (χ0n) is 14.4. The SMILES string of the molecule is Cc1ccc(OCc2cccc(C(=O)NC3CCC(O)CC3)c2)cn1. The summed E-state index contributed by atoms with van der Waals surface area (Å²) in [7, 11) is 0. The maximum Gasteiger partial charge on any atom is 0.251 e. The third kappa shape index (κ3) is 5.03. The Bertz CT molecular complexity index is 707. The van der Waals surface area contributed by atoms with Gasteiger partial charge in [-0.1, -0.05) is 12.1 Å². The molecule has 1 fully saturated rings. The Hall–Kier alpha value is -2.40. The fraction of sp³-hybridized carbons (Fsp3) is 0.400. The smallest absolute Gasteiger partial charge is 0.251 e. The fourth-order valence-electron chi connectivity index (χ4n) is 3.00. The molecule has 132 valence electrons. The Morgan fingerprint density at radius 3 is 2.76 bits per heavy atom. The van der Waals surface area contributed by atoms with Crippen LogP contribution in [0, 0.1) is 6.92 Å². The van der Waals surface area contributed by atoms with Gasteiger partial charge in [-0.3, -0.25) is 9.78 Å². The molecule has 1 aromatic heterocycles. The van der Waals surface area contributed by atoms with Gasteiger partial charge in [0, 0.05) is 17.3 Å². The van der Waals surface area contributed by atoms with Crippen molar-refractivity contribution in [1.29, 1.82) is 0 Å². The lowest BCUT2D eigenvalue weighted by atomic mass is 9.93. The first-order chi connectivity index (χ1) is 12.1. The number of hydrogen-bond donors (Lipinski definition) is 2. The van der Waals surface area contributed by atoms with Gasteiger partial charge in [0.15, 0.2) is 0 Å². The number of pyridine rings is 1. The molecule has 1 heterocycles. The van der Waals surface area contributed by atoms with E-state index in [1.807, 2.05) is 43.3 Å². The highest BCUT2D eigenvalue weighted by atomic mass is 16.5. The second-order valence-electron chi connectivity index (χ2n) is 6.60.